The molecule has 1 aromatic carbocycles. The van der Waals surface area contributed by atoms with Crippen LogP contribution in [0.25, 0.3) is 0 Å². The van der Waals surface area contributed by atoms with Crippen LogP contribution in [0.4, 0.5) is 5.69 Å². The molecule has 0 spiro atoms. The lowest BCUT2D eigenvalue weighted by Gasteiger charge is -2.25. The second kappa shape index (κ2) is 8.67. The van der Waals surface area contributed by atoms with Crippen LogP contribution < -0.4 is 10.0 Å². The maximum Gasteiger partial charge on any atom is 0.337 e. The number of sulfonamides is 1. The van der Waals surface area contributed by atoms with E-state index in [9.17, 15) is 18.3 Å². The molecule has 1 aromatic rings. The molecule has 0 aliphatic heterocycles. The summed E-state index contributed by atoms with van der Waals surface area (Å²) in [6.07, 6.45) is 7.09. The van der Waals surface area contributed by atoms with Gasteiger partial charge in [0, 0.05) is 17.8 Å². The van der Waals surface area contributed by atoms with Crippen molar-refractivity contribution in [3.63, 3.8) is 0 Å². The van der Waals surface area contributed by atoms with Gasteiger partial charge in [-0.2, -0.15) is 0 Å². The molecule has 1 aliphatic rings. The Balaban J connectivity index is 2.23. The lowest BCUT2D eigenvalue weighted by atomic mass is 9.95. The summed E-state index contributed by atoms with van der Waals surface area (Å²) < 4.78 is 27.5. The van der Waals surface area contributed by atoms with Gasteiger partial charge in [0.05, 0.1) is 10.5 Å². The zero-order valence-electron chi connectivity index (χ0n) is 14.9. The molecule has 1 atom stereocenters. The molecule has 3 N–H and O–H groups in total. The van der Waals surface area contributed by atoms with Gasteiger partial charge in [0.15, 0.2) is 0 Å². The summed E-state index contributed by atoms with van der Waals surface area (Å²) in [6, 6.07) is 4.34. The van der Waals surface area contributed by atoms with Crippen molar-refractivity contribution in [1.82, 2.24) is 4.72 Å². The highest BCUT2D eigenvalue weighted by Gasteiger charge is 2.22. The van der Waals surface area contributed by atoms with Crippen LogP contribution in [-0.2, 0) is 10.0 Å². The highest BCUT2D eigenvalue weighted by molar-refractivity contribution is 7.89. The molecule has 0 amide bonds. The van der Waals surface area contributed by atoms with Crippen molar-refractivity contribution in [2.45, 2.75) is 75.8 Å². The zero-order chi connectivity index (χ0) is 18.4. The second-order valence-corrected chi connectivity index (χ2v) is 8.52. The number of anilines is 1. The molecule has 2 rings (SSSR count). The van der Waals surface area contributed by atoms with Gasteiger partial charge in [0.2, 0.25) is 10.0 Å². The number of carbonyl (C=O) groups is 1. The molecule has 1 fully saturated rings. The Morgan fingerprint density at radius 3 is 2.56 bits per heavy atom. The molecule has 0 saturated heterocycles. The van der Waals surface area contributed by atoms with Crippen LogP contribution >= 0.6 is 0 Å². The fourth-order valence-corrected chi connectivity index (χ4v) is 4.59. The van der Waals surface area contributed by atoms with Gasteiger partial charge in [-0.3, -0.25) is 0 Å². The van der Waals surface area contributed by atoms with E-state index >= 15 is 0 Å². The summed E-state index contributed by atoms with van der Waals surface area (Å²) in [5.41, 5.74) is 0.483. The van der Waals surface area contributed by atoms with Gasteiger partial charge >= 0.3 is 5.97 Å². The molecule has 140 valence electrons. The van der Waals surface area contributed by atoms with E-state index in [0.29, 0.717) is 5.69 Å². The molecule has 0 unspecified atom stereocenters. The molecule has 0 bridgehead atoms. The largest absolute Gasteiger partial charge is 0.478 e. The van der Waals surface area contributed by atoms with Crippen LogP contribution in [-0.4, -0.2) is 31.6 Å². The molecule has 1 saturated carbocycles. The number of carboxylic acid groups (broad SMARTS) is 1. The first-order valence-electron chi connectivity index (χ1n) is 8.99. The maximum atomic E-state index is 12.5. The van der Waals surface area contributed by atoms with Crippen molar-refractivity contribution >= 4 is 21.7 Å². The van der Waals surface area contributed by atoms with Crippen molar-refractivity contribution in [3.8, 4) is 0 Å². The van der Waals surface area contributed by atoms with E-state index in [0.717, 1.165) is 38.5 Å². The predicted molar refractivity (Wildman–Crippen MR) is 98.6 cm³/mol. The average Bonchev–Trinajstić information content (AvgIpc) is 2.55. The fraction of sp³-hybridized carbons (Fsp3) is 0.611. The van der Waals surface area contributed by atoms with Crippen LogP contribution in [0.15, 0.2) is 23.1 Å². The van der Waals surface area contributed by atoms with E-state index < -0.39 is 16.0 Å². The summed E-state index contributed by atoms with van der Waals surface area (Å²) in [7, 11) is -3.73. The monoisotopic (exact) mass is 368 g/mol. The standard InChI is InChI=1S/C18H28N2O4S/c1-3-7-13(2)20-25(23,24)15-10-11-17(16(12-15)18(21)22)19-14-8-5-4-6-9-14/h10-14,19-20H,3-9H2,1-2H3,(H,21,22)/t13-/m0/s1. The van der Waals surface area contributed by atoms with Crippen LogP contribution in [0, 0.1) is 0 Å². The van der Waals surface area contributed by atoms with E-state index in [-0.39, 0.29) is 22.5 Å². The molecule has 1 aliphatic carbocycles. The Kier molecular flexibility index (Phi) is 6.84. The second-order valence-electron chi connectivity index (χ2n) is 6.80. The van der Waals surface area contributed by atoms with Crippen molar-refractivity contribution in [2.75, 3.05) is 5.32 Å². The number of carboxylic acids is 1. The van der Waals surface area contributed by atoms with Gasteiger partial charge in [-0.15, -0.1) is 0 Å². The van der Waals surface area contributed by atoms with E-state index in [2.05, 4.69) is 10.0 Å². The van der Waals surface area contributed by atoms with Gasteiger partial charge in [-0.1, -0.05) is 32.6 Å². The first-order valence-corrected chi connectivity index (χ1v) is 10.5. The first-order chi connectivity index (χ1) is 11.8. The number of nitrogens with one attached hydrogen (secondary N) is 2. The maximum absolute atomic E-state index is 12.5. The van der Waals surface area contributed by atoms with Crippen molar-refractivity contribution in [1.29, 1.82) is 0 Å². The van der Waals surface area contributed by atoms with Gasteiger partial charge in [-0.05, 0) is 44.4 Å². The average molecular weight is 368 g/mol. The number of aromatic carboxylic acids is 1. The van der Waals surface area contributed by atoms with E-state index in [1.807, 2.05) is 6.92 Å². The van der Waals surface area contributed by atoms with E-state index in [4.69, 9.17) is 0 Å². The summed E-state index contributed by atoms with van der Waals surface area (Å²) >= 11 is 0. The minimum Gasteiger partial charge on any atom is -0.478 e. The number of benzene rings is 1. The summed E-state index contributed by atoms with van der Waals surface area (Å²) in [5, 5.41) is 12.8. The van der Waals surface area contributed by atoms with Gasteiger partial charge in [0.25, 0.3) is 0 Å². The number of rotatable bonds is 8. The molecule has 0 heterocycles. The summed E-state index contributed by atoms with van der Waals surface area (Å²) in [5.74, 6) is -1.13. The topological polar surface area (TPSA) is 95.5 Å². The Labute approximate surface area is 150 Å². The Morgan fingerprint density at radius 2 is 1.96 bits per heavy atom. The van der Waals surface area contributed by atoms with Crippen LogP contribution in [0.3, 0.4) is 0 Å². The first kappa shape index (κ1) is 19.7. The third kappa shape index (κ3) is 5.44. The molecule has 0 radical (unpaired) electrons. The lowest BCUT2D eigenvalue weighted by Crippen LogP contribution is -2.32. The Bertz CT molecular complexity index is 697. The quantitative estimate of drug-likeness (QED) is 0.652. The van der Waals surface area contributed by atoms with Crippen LogP contribution in [0.2, 0.25) is 0 Å². The van der Waals surface area contributed by atoms with Crippen molar-refractivity contribution < 1.29 is 18.3 Å². The van der Waals surface area contributed by atoms with Crippen LogP contribution in [0.1, 0.15) is 69.2 Å². The molecule has 7 heteroatoms. The molecule has 6 nitrogen and oxygen atoms in total. The third-order valence-electron chi connectivity index (χ3n) is 4.57. The van der Waals surface area contributed by atoms with Crippen molar-refractivity contribution in [3.05, 3.63) is 23.8 Å². The number of hydrogen-bond acceptors (Lipinski definition) is 4. The molecule has 0 aromatic heterocycles. The highest BCUT2D eigenvalue weighted by Crippen LogP contribution is 2.26. The van der Waals surface area contributed by atoms with Gasteiger partial charge in [-0.25, -0.2) is 17.9 Å². The minimum atomic E-state index is -3.73. The third-order valence-corrected chi connectivity index (χ3v) is 6.16. The fourth-order valence-electron chi connectivity index (χ4n) is 3.29. The normalized spacial score (nSPS) is 17.2. The Hall–Kier alpha value is -1.60. The smallest absolute Gasteiger partial charge is 0.337 e. The predicted octanol–water partition coefficient (Wildman–Crippen LogP) is 3.60. The minimum absolute atomic E-state index is 0.00315. The van der Waals surface area contributed by atoms with Crippen LogP contribution in [0.5, 0.6) is 0 Å². The van der Waals surface area contributed by atoms with Gasteiger partial charge in [0.1, 0.15) is 0 Å². The van der Waals surface area contributed by atoms with Crippen molar-refractivity contribution in [2.24, 2.45) is 0 Å². The highest BCUT2D eigenvalue weighted by atomic mass is 32.2. The molecule has 25 heavy (non-hydrogen) atoms. The number of hydrogen-bond donors (Lipinski definition) is 3. The van der Waals surface area contributed by atoms with E-state index in [1.165, 1.54) is 18.6 Å². The zero-order valence-corrected chi connectivity index (χ0v) is 15.7. The Morgan fingerprint density at radius 1 is 1.28 bits per heavy atom. The van der Waals surface area contributed by atoms with Gasteiger partial charge < -0.3 is 10.4 Å². The summed E-state index contributed by atoms with van der Waals surface area (Å²) in [6.45, 7) is 3.79. The molecular formula is C18H28N2O4S. The summed E-state index contributed by atoms with van der Waals surface area (Å²) in [4.78, 5) is 11.6. The SMILES string of the molecule is CCC[C@H](C)NS(=O)(=O)c1ccc(NC2CCCCC2)c(C(=O)O)c1. The molecular weight excluding hydrogens is 340 g/mol. The van der Waals surface area contributed by atoms with E-state index in [1.54, 1.807) is 13.0 Å². The lowest BCUT2D eigenvalue weighted by molar-refractivity contribution is 0.0697.